The molecule has 0 aliphatic heterocycles. The van der Waals surface area contributed by atoms with Gasteiger partial charge < -0.3 is 10.0 Å². The number of hydrogen-bond acceptors (Lipinski definition) is 5. The Labute approximate surface area is 113 Å². The molecule has 1 aliphatic rings. The van der Waals surface area contributed by atoms with Crippen molar-refractivity contribution in [3.8, 4) is 6.07 Å². The third-order valence-electron chi connectivity index (χ3n) is 3.68. The monoisotopic (exact) mass is 260 g/mol. The van der Waals surface area contributed by atoms with Crippen LogP contribution in [0.1, 0.15) is 37.1 Å². The highest BCUT2D eigenvalue weighted by atomic mass is 16.3. The van der Waals surface area contributed by atoms with Gasteiger partial charge in [-0.2, -0.15) is 5.26 Å². The highest BCUT2D eigenvalue weighted by molar-refractivity contribution is 5.35. The third kappa shape index (κ3) is 3.42. The van der Waals surface area contributed by atoms with Crippen molar-refractivity contribution in [1.29, 1.82) is 5.26 Å². The van der Waals surface area contributed by atoms with E-state index in [0.717, 1.165) is 31.5 Å². The summed E-state index contributed by atoms with van der Waals surface area (Å²) in [5, 5.41) is 18.9. The number of aliphatic hydroxyl groups excluding tert-OH is 1. The van der Waals surface area contributed by atoms with Crippen molar-refractivity contribution >= 4 is 5.95 Å². The van der Waals surface area contributed by atoms with E-state index in [9.17, 15) is 5.11 Å². The third-order valence-corrected chi connectivity index (χ3v) is 3.68. The van der Waals surface area contributed by atoms with E-state index in [-0.39, 0.29) is 12.0 Å². The van der Waals surface area contributed by atoms with E-state index in [1.807, 2.05) is 24.9 Å². The largest absolute Gasteiger partial charge is 0.393 e. The van der Waals surface area contributed by atoms with Crippen LogP contribution in [0.4, 0.5) is 5.95 Å². The summed E-state index contributed by atoms with van der Waals surface area (Å²) in [6.45, 7) is 2.59. The molecule has 0 bridgehead atoms. The van der Waals surface area contributed by atoms with Crippen LogP contribution in [0, 0.1) is 24.2 Å². The van der Waals surface area contributed by atoms with Crippen molar-refractivity contribution in [2.75, 3.05) is 18.5 Å². The van der Waals surface area contributed by atoms with Crippen molar-refractivity contribution in [1.82, 2.24) is 9.97 Å². The van der Waals surface area contributed by atoms with Crippen molar-refractivity contribution < 1.29 is 5.11 Å². The van der Waals surface area contributed by atoms with Crippen LogP contribution in [-0.4, -0.2) is 34.8 Å². The fourth-order valence-corrected chi connectivity index (χ4v) is 2.62. The Morgan fingerprint density at radius 3 is 2.84 bits per heavy atom. The molecule has 5 nitrogen and oxygen atoms in total. The van der Waals surface area contributed by atoms with Gasteiger partial charge in [0.05, 0.1) is 6.10 Å². The normalized spacial score (nSPS) is 22.8. The van der Waals surface area contributed by atoms with Crippen LogP contribution in [0.3, 0.4) is 0 Å². The molecule has 0 spiro atoms. The first kappa shape index (κ1) is 13.8. The molecule has 2 unspecified atom stereocenters. The second-order valence-electron chi connectivity index (χ2n) is 5.30. The van der Waals surface area contributed by atoms with Gasteiger partial charge in [-0.15, -0.1) is 0 Å². The lowest BCUT2D eigenvalue weighted by Gasteiger charge is -2.31. The highest BCUT2D eigenvalue weighted by Gasteiger charge is 2.25. The second-order valence-corrected chi connectivity index (χ2v) is 5.30. The number of anilines is 1. The van der Waals surface area contributed by atoms with Crippen LogP contribution in [0.25, 0.3) is 0 Å². The topological polar surface area (TPSA) is 73.0 Å². The molecule has 0 radical (unpaired) electrons. The van der Waals surface area contributed by atoms with Gasteiger partial charge in [-0.05, 0) is 25.8 Å². The molecular weight excluding hydrogens is 240 g/mol. The molecule has 19 heavy (non-hydrogen) atoms. The molecule has 1 fully saturated rings. The summed E-state index contributed by atoms with van der Waals surface area (Å²) >= 11 is 0. The fourth-order valence-electron chi connectivity index (χ4n) is 2.62. The van der Waals surface area contributed by atoms with Gasteiger partial charge in [-0.1, -0.05) is 12.8 Å². The Balaban J connectivity index is 2.09. The molecule has 1 heterocycles. The highest BCUT2D eigenvalue weighted by Crippen LogP contribution is 2.25. The summed E-state index contributed by atoms with van der Waals surface area (Å²) < 4.78 is 0. The fraction of sp³-hybridized carbons (Fsp3) is 0.643. The predicted molar refractivity (Wildman–Crippen MR) is 72.7 cm³/mol. The van der Waals surface area contributed by atoms with Crippen LogP contribution in [0.2, 0.25) is 0 Å². The smallest absolute Gasteiger partial charge is 0.226 e. The Hall–Kier alpha value is -1.67. The molecule has 1 aromatic rings. The quantitative estimate of drug-likeness (QED) is 0.894. The van der Waals surface area contributed by atoms with Gasteiger partial charge >= 0.3 is 0 Å². The molecule has 0 amide bonds. The summed E-state index contributed by atoms with van der Waals surface area (Å²) in [6.07, 6.45) is 3.99. The lowest BCUT2D eigenvalue weighted by Crippen LogP contribution is -2.35. The SMILES string of the molecule is Cc1cc(C#N)nc(N(C)CC2CCCCC2O)n1. The molecular formula is C14H20N4O. The van der Waals surface area contributed by atoms with Crippen LogP contribution >= 0.6 is 0 Å². The summed E-state index contributed by atoms with van der Waals surface area (Å²) in [5.74, 6) is 0.836. The Kier molecular flexibility index (Phi) is 4.33. The van der Waals surface area contributed by atoms with Crippen molar-refractivity contribution in [2.24, 2.45) is 5.92 Å². The maximum absolute atomic E-state index is 10.0. The van der Waals surface area contributed by atoms with Crippen molar-refractivity contribution in [2.45, 2.75) is 38.7 Å². The molecule has 1 aliphatic carbocycles. The van der Waals surface area contributed by atoms with Gasteiger partial charge in [0.2, 0.25) is 5.95 Å². The zero-order valence-corrected chi connectivity index (χ0v) is 11.5. The van der Waals surface area contributed by atoms with Gasteiger partial charge in [-0.3, -0.25) is 0 Å². The average molecular weight is 260 g/mol. The molecule has 1 aromatic heterocycles. The predicted octanol–water partition coefficient (Wildman–Crippen LogP) is 1.64. The van der Waals surface area contributed by atoms with Crippen LogP contribution in [-0.2, 0) is 0 Å². The Morgan fingerprint density at radius 1 is 1.42 bits per heavy atom. The van der Waals surface area contributed by atoms with Crippen LogP contribution in [0.15, 0.2) is 6.07 Å². The van der Waals surface area contributed by atoms with E-state index >= 15 is 0 Å². The lowest BCUT2D eigenvalue weighted by atomic mass is 9.86. The number of aryl methyl sites for hydroxylation is 1. The van der Waals surface area contributed by atoms with E-state index in [1.165, 1.54) is 6.42 Å². The maximum Gasteiger partial charge on any atom is 0.226 e. The average Bonchev–Trinajstić information content (AvgIpc) is 2.40. The zero-order valence-electron chi connectivity index (χ0n) is 11.5. The van der Waals surface area contributed by atoms with E-state index in [1.54, 1.807) is 6.07 Å². The van der Waals surface area contributed by atoms with Gasteiger partial charge in [-0.25, -0.2) is 9.97 Å². The summed E-state index contributed by atoms with van der Waals surface area (Å²) in [4.78, 5) is 10.5. The number of nitrogens with zero attached hydrogens (tertiary/aromatic N) is 4. The summed E-state index contributed by atoms with van der Waals surface area (Å²) in [6, 6.07) is 3.72. The molecule has 1 saturated carbocycles. The first-order valence-electron chi connectivity index (χ1n) is 6.75. The lowest BCUT2D eigenvalue weighted by molar-refractivity contribution is 0.0735. The van der Waals surface area contributed by atoms with Gasteiger partial charge in [0.25, 0.3) is 0 Å². The molecule has 1 N–H and O–H groups in total. The van der Waals surface area contributed by atoms with E-state index in [0.29, 0.717) is 11.6 Å². The molecule has 2 atom stereocenters. The van der Waals surface area contributed by atoms with Crippen LogP contribution < -0.4 is 4.90 Å². The second kappa shape index (κ2) is 5.98. The van der Waals surface area contributed by atoms with E-state index in [2.05, 4.69) is 9.97 Å². The van der Waals surface area contributed by atoms with Crippen molar-refractivity contribution in [3.63, 3.8) is 0 Å². The van der Waals surface area contributed by atoms with Gasteiger partial charge in [0, 0.05) is 25.2 Å². The van der Waals surface area contributed by atoms with Gasteiger partial charge in [0.1, 0.15) is 11.8 Å². The maximum atomic E-state index is 10.0. The summed E-state index contributed by atoms with van der Waals surface area (Å²) in [5.41, 5.74) is 1.18. The number of nitriles is 1. The zero-order chi connectivity index (χ0) is 13.8. The molecule has 0 saturated heterocycles. The number of hydrogen-bond donors (Lipinski definition) is 1. The Bertz CT molecular complexity index is 483. The minimum Gasteiger partial charge on any atom is -0.393 e. The Morgan fingerprint density at radius 2 is 2.16 bits per heavy atom. The van der Waals surface area contributed by atoms with E-state index in [4.69, 9.17) is 5.26 Å². The van der Waals surface area contributed by atoms with Crippen LogP contribution in [0.5, 0.6) is 0 Å². The number of aromatic nitrogens is 2. The molecule has 102 valence electrons. The number of rotatable bonds is 3. The number of aliphatic hydroxyl groups is 1. The van der Waals surface area contributed by atoms with E-state index < -0.39 is 0 Å². The summed E-state index contributed by atoms with van der Waals surface area (Å²) in [7, 11) is 1.91. The standard InChI is InChI=1S/C14H20N4O/c1-10-7-12(8-15)17-14(16-10)18(2)9-11-5-3-4-6-13(11)19/h7,11,13,19H,3-6,9H2,1-2H3. The minimum atomic E-state index is -0.226. The van der Waals surface area contributed by atoms with Crippen molar-refractivity contribution in [3.05, 3.63) is 17.5 Å². The first-order valence-corrected chi connectivity index (χ1v) is 6.75. The minimum absolute atomic E-state index is 0.226. The first-order chi connectivity index (χ1) is 9.10. The van der Waals surface area contributed by atoms with Gasteiger partial charge in [0.15, 0.2) is 0 Å². The molecule has 5 heteroatoms. The molecule has 2 rings (SSSR count). The molecule has 0 aromatic carbocycles.